The molecule has 3 heterocycles. The van der Waals surface area contributed by atoms with Gasteiger partial charge in [-0.3, -0.25) is 0 Å². The molecule has 2 aromatic heterocycles. The summed E-state index contributed by atoms with van der Waals surface area (Å²) in [5.74, 6) is 0.265. The van der Waals surface area contributed by atoms with Crippen LogP contribution >= 0.6 is 0 Å². The number of nitrogens with zero attached hydrogens (tertiary/aromatic N) is 5. The van der Waals surface area contributed by atoms with Crippen LogP contribution in [0.25, 0.3) is 10.9 Å². The molecule has 1 aliphatic rings. The van der Waals surface area contributed by atoms with Crippen molar-refractivity contribution in [3.8, 4) is 0 Å². The van der Waals surface area contributed by atoms with Gasteiger partial charge in [0, 0.05) is 43.5 Å². The number of carboxylic acids is 1. The van der Waals surface area contributed by atoms with Crippen LogP contribution in [0.3, 0.4) is 0 Å². The lowest BCUT2D eigenvalue weighted by Crippen LogP contribution is -2.53. The number of anilines is 2. The van der Waals surface area contributed by atoms with Crippen molar-refractivity contribution >= 4 is 28.6 Å². The fourth-order valence-corrected chi connectivity index (χ4v) is 3.39. The number of carbonyl (C=O) groups is 1. The van der Waals surface area contributed by atoms with Crippen LogP contribution in [-0.4, -0.2) is 51.7 Å². The number of aromatic carboxylic acids is 1. The van der Waals surface area contributed by atoms with Gasteiger partial charge in [-0.15, -0.1) is 0 Å². The Balaban J connectivity index is 1.66. The highest BCUT2D eigenvalue weighted by atomic mass is 16.4. The van der Waals surface area contributed by atoms with E-state index in [1.165, 1.54) is 0 Å². The molecule has 1 atom stereocenters. The maximum absolute atomic E-state index is 11.8. The van der Waals surface area contributed by atoms with E-state index in [-0.39, 0.29) is 11.6 Å². The van der Waals surface area contributed by atoms with Gasteiger partial charge in [-0.1, -0.05) is 18.2 Å². The number of hydrogen-bond acceptors (Lipinski definition) is 6. The molecule has 7 heteroatoms. The van der Waals surface area contributed by atoms with Crippen LogP contribution < -0.4 is 9.80 Å². The van der Waals surface area contributed by atoms with Gasteiger partial charge in [-0.25, -0.2) is 19.7 Å². The summed E-state index contributed by atoms with van der Waals surface area (Å²) in [6.45, 7) is 4.11. The third-order valence-corrected chi connectivity index (χ3v) is 4.67. The van der Waals surface area contributed by atoms with Crippen LogP contribution in [0.5, 0.6) is 0 Å². The van der Waals surface area contributed by atoms with Crippen molar-refractivity contribution in [2.45, 2.75) is 13.0 Å². The summed E-state index contributed by atoms with van der Waals surface area (Å²) in [4.78, 5) is 29.3. The van der Waals surface area contributed by atoms with Gasteiger partial charge in [0.15, 0.2) is 0 Å². The first-order valence-corrected chi connectivity index (χ1v) is 8.55. The number of pyridine rings is 1. The van der Waals surface area contributed by atoms with Crippen molar-refractivity contribution < 1.29 is 9.90 Å². The Labute approximate surface area is 150 Å². The van der Waals surface area contributed by atoms with Crippen molar-refractivity contribution in [3.05, 3.63) is 54.4 Å². The number of fused-ring (bicyclic) bond motifs is 1. The molecule has 0 aliphatic carbocycles. The summed E-state index contributed by atoms with van der Waals surface area (Å²) in [5.41, 5.74) is 1.04. The molecular formula is C19H19N5O2. The highest BCUT2D eigenvalue weighted by Gasteiger charge is 2.28. The van der Waals surface area contributed by atoms with Gasteiger partial charge >= 0.3 is 5.97 Å². The average molecular weight is 349 g/mol. The van der Waals surface area contributed by atoms with Gasteiger partial charge in [-0.2, -0.15) is 0 Å². The van der Waals surface area contributed by atoms with E-state index in [1.807, 2.05) is 29.2 Å². The Kier molecular flexibility index (Phi) is 4.12. The molecular weight excluding hydrogens is 330 g/mol. The van der Waals surface area contributed by atoms with Crippen molar-refractivity contribution in [2.24, 2.45) is 0 Å². The predicted octanol–water partition coefficient (Wildman–Crippen LogP) is 2.44. The number of piperazine rings is 1. The smallest absolute Gasteiger partial charge is 0.339 e. The number of para-hydroxylation sites is 1. The number of carboxylic acid groups (broad SMARTS) is 1. The van der Waals surface area contributed by atoms with Gasteiger partial charge in [0.1, 0.15) is 11.4 Å². The second-order valence-corrected chi connectivity index (χ2v) is 6.39. The Morgan fingerprint density at radius 3 is 2.65 bits per heavy atom. The molecule has 1 unspecified atom stereocenters. The monoisotopic (exact) mass is 349 g/mol. The molecule has 0 spiro atoms. The van der Waals surface area contributed by atoms with Crippen LogP contribution in [0.15, 0.2) is 48.8 Å². The van der Waals surface area contributed by atoms with Crippen LogP contribution in [0.2, 0.25) is 0 Å². The highest BCUT2D eigenvalue weighted by Crippen LogP contribution is 2.26. The summed E-state index contributed by atoms with van der Waals surface area (Å²) in [7, 11) is 0. The SMILES string of the molecule is CC1CN(c2nc3ccccc3cc2C(=O)O)CCN1c1ncccn1. The van der Waals surface area contributed by atoms with Crippen LogP contribution in [-0.2, 0) is 0 Å². The van der Waals surface area contributed by atoms with Gasteiger partial charge in [0.25, 0.3) is 0 Å². The van der Waals surface area contributed by atoms with E-state index in [9.17, 15) is 9.90 Å². The first-order chi connectivity index (χ1) is 12.6. The first kappa shape index (κ1) is 16.3. The third-order valence-electron chi connectivity index (χ3n) is 4.67. The number of benzene rings is 1. The Bertz CT molecular complexity index is 947. The summed E-state index contributed by atoms with van der Waals surface area (Å²) in [6.07, 6.45) is 3.46. The van der Waals surface area contributed by atoms with E-state index >= 15 is 0 Å². The molecule has 1 fully saturated rings. The largest absolute Gasteiger partial charge is 0.478 e. The molecule has 7 nitrogen and oxygen atoms in total. The molecule has 4 rings (SSSR count). The normalized spacial score (nSPS) is 17.5. The molecule has 1 aliphatic heterocycles. The lowest BCUT2D eigenvalue weighted by atomic mass is 10.1. The molecule has 132 valence electrons. The zero-order valence-electron chi connectivity index (χ0n) is 14.4. The van der Waals surface area contributed by atoms with E-state index in [4.69, 9.17) is 0 Å². The maximum atomic E-state index is 11.8. The summed E-state index contributed by atoms with van der Waals surface area (Å²) in [5, 5.41) is 10.5. The molecule has 0 radical (unpaired) electrons. The Morgan fingerprint density at radius 2 is 1.92 bits per heavy atom. The van der Waals surface area contributed by atoms with Crippen LogP contribution in [0, 0.1) is 0 Å². The number of hydrogen-bond donors (Lipinski definition) is 1. The van der Waals surface area contributed by atoms with Crippen LogP contribution in [0.1, 0.15) is 17.3 Å². The second-order valence-electron chi connectivity index (χ2n) is 6.39. The van der Waals surface area contributed by atoms with E-state index in [0.29, 0.717) is 31.4 Å². The Morgan fingerprint density at radius 1 is 1.15 bits per heavy atom. The summed E-state index contributed by atoms with van der Waals surface area (Å²) in [6, 6.07) is 11.2. The van der Waals surface area contributed by atoms with Crippen molar-refractivity contribution in [2.75, 3.05) is 29.4 Å². The van der Waals surface area contributed by atoms with E-state index < -0.39 is 5.97 Å². The minimum Gasteiger partial charge on any atom is -0.478 e. The third kappa shape index (κ3) is 2.92. The number of rotatable bonds is 3. The minimum atomic E-state index is -0.959. The fraction of sp³-hybridized carbons (Fsp3) is 0.263. The molecule has 1 N–H and O–H groups in total. The molecule has 26 heavy (non-hydrogen) atoms. The van der Waals surface area contributed by atoms with Crippen molar-refractivity contribution in [1.29, 1.82) is 0 Å². The lowest BCUT2D eigenvalue weighted by Gasteiger charge is -2.40. The fourth-order valence-electron chi connectivity index (χ4n) is 3.39. The summed E-state index contributed by atoms with van der Waals surface area (Å²) >= 11 is 0. The predicted molar refractivity (Wildman–Crippen MR) is 99.8 cm³/mol. The van der Waals surface area contributed by atoms with Gasteiger partial charge in [0.05, 0.1) is 5.52 Å². The second kappa shape index (κ2) is 6.59. The van der Waals surface area contributed by atoms with Gasteiger partial charge < -0.3 is 14.9 Å². The molecule has 0 saturated carbocycles. The van der Waals surface area contributed by atoms with Crippen molar-refractivity contribution in [3.63, 3.8) is 0 Å². The van der Waals surface area contributed by atoms with E-state index in [0.717, 1.165) is 10.9 Å². The highest BCUT2D eigenvalue weighted by molar-refractivity contribution is 5.98. The molecule has 1 aromatic carbocycles. The topological polar surface area (TPSA) is 82.5 Å². The minimum absolute atomic E-state index is 0.140. The van der Waals surface area contributed by atoms with Crippen LogP contribution in [0.4, 0.5) is 11.8 Å². The lowest BCUT2D eigenvalue weighted by molar-refractivity contribution is 0.0697. The zero-order valence-corrected chi connectivity index (χ0v) is 14.4. The number of aromatic nitrogens is 3. The van der Waals surface area contributed by atoms with Gasteiger partial charge in [-0.05, 0) is 25.1 Å². The van der Waals surface area contributed by atoms with E-state index in [1.54, 1.807) is 24.5 Å². The summed E-state index contributed by atoms with van der Waals surface area (Å²) < 4.78 is 0. The quantitative estimate of drug-likeness (QED) is 0.777. The standard InChI is InChI=1S/C19H19N5O2/c1-13-12-23(9-10-24(13)19-20-7-4-8-21-19)17-15(18(25)26)11-14-5-2-3-6-16(14)22-17/h2-8,11,13H,9-10,12H2,1H3,(H,25,26). The maximum Gasteiger partial charge on any atom is 0.339 e. The zero-order chi connectivity index (χ0) is 18.1. The molecule has 1 saturated heterocycles. The molecule has 3 aromatic rings. The van der Waals surface area contributed by atoms with Crippen molar-refractivity contribution in [1.82, 2.24) is 15.0 Å². The first-order valence-electron chi connectivity index (χ1n) is 8.55. The molecule has 0 amide bonds. The van der Waals surface area contributed by atoms with E-state index in [2.05, 4.69) is 26.8 Å². The average Bonchev–Trinajstić information content (AvgIpc) is 2.67. The Hall–Kier alpha value is -3.22. The molecule has 0 bridgehead atoms. The van der Waals surface area contributed by atoms with Gasteiger partial charge in [0.2, 0.25) is 5.95 Å².